The molecular formula is C21H19FN4O3S. The quantitative estimate of drug-likeness (QED) is 0.695. The fourth-order valence-electron chi connectivity index (χ4n) is 3.75. The topological polar surface area (TPSA) is 98.3 Å². The maximum atomic E-state index is 13.3. The monoisotopic (exact) mass is 426 g/mol. The standard InChI is InChI=1S/C21H19FN4O3S/c1-11-18(30-12(2)24-11)21(29)25-8-7-16-13(9-25)10-26(20(28)17(16)19(23)27)15-5-3-14(22)4-6-15/h3-6,10H,7-9H2,1-2H3,(H2,23,27). The molecule has 154 valence electrons. The molecule has 1 aromatic carbocycles. The van der Waals surface area contributed by atoms with Crippen molar-refractivity contribution in [3.8, 4) is 5.69 Å². The van der Waals surface area contributed by atoms with Crippen LogP contribution in [0.15, 0.2) is 35.3 Å². The zero-order valence-electron chi connectivity index (χ0n) is 16.4. The number of primary amides is 1. The van der Waals surface area contributed by atoms with Crippen molar-refractivity contribution in [3.63, 3.8) is 0 Å². The number of nitrogens with two attached hydrogens (primary N) is 1. The summed E-state index contributed by atoms with van der Waals surface area (Å²) in [5.74, 6) is -1.39. The van der Waals surface area contributed by atoms with Gasteiger partial charge in [0.2, 0.25) is 0 Å². The van der Waals surface area contributed by atoms with Gasteiger partial charge in [0.15, 0.2) is 0 Å². The van der Waals surface area contributed by atoms with Crippen molar-refractivity contribution in [2.75, 3.05) is 6.54 Å². The number of rotatable bonds is 3. The van der Waals surface area contributed by atoms with Crippen LogP contribution in [0.5, 0.6) is 0 Å². The van der Waals surface area contributed by atoms with Crippen molar-refractivity contribution in [3.05, 3.63) is 78.9 Å². The molecule has 7 nitrogen and oxygen atoms in total. The maximum absolute atomic E-state index is 13.3. The molecule has 2 N–H and O–H groups in total. The Balaban J connectivity index is 1.78. The third-order valence-corrected chi connectivity index (χ3v) is 6.20. The molecule has 0 aliphatic carbocycles. The number of aromatic nitrogens is 2. The van der Waals surface area contributed by atoms with Crippen LogP contribution in [0, 0.1) is 19.7 Å². The molecule has 0 saturated heterocycles. The molecule has 4 rings (SSSR count). The van der Waals surface area contributed by atoms with Gasteiger partial charge in [-0.05, 0) is 55.7 Å². The van der Waals surface area contributed by atoms with E-state index in [2.05, 4.69) is 4.98 Å². The first-order chi connectivity index (χ1) is 14.3. The van der Waals surface area contributed by atoms with E-state index in [1.54, 1.807) is 18.0 Å². The van der Waals surface area contributed by atoms with E-state index in [4.69, 9.17) is 5.73 Å². The van der Waals surface area contributed by atoms with Gasteiger partial charge in [-0.15, -0.1) is 11.3 Å². The Hall–Kier alpha value is -3.33. The number of amides is 2. The number of carbonyl (C=O) groups is 2. The Morgan fingerprint density at radius 2 is 1.90 bits per heavy atom. The first-order valence-corrected chi connectivity index (χ1v) is 10.1. The molecule has 3 aromatic rings. The van der Waals surface area contributed by atoms with Gasteiger partial charge in [0.25, 0.3) is 17.4 Å². The van der Waals surface area contributed by atoms with Crippen LogP contribution in [0.3, 0.4) is 0 Å². The molecule has 0 unspecified atom stereocenters. The van der Waals surface area contributed by atoms with Gasteiger partial charge in [-0.3, -0.25) is 19.0 Å². The fraction of sp³-hybridized carbons (Fsp3) is 0.238. The average molecular weight is 426 g/mol. The number of thiazole rings is 1. The molecule has 0 radical (unpaired) electrons. The highest BCUT2D eigenvalue weighted by Gasteiger charge is 2.29. The summed E-state index contributed by atoms with van der Waals surface area (Å²) in [4.78, 5) is 44.6. The van der Waals surface area contributed by atoms with Crippen LogP contribution >= 0.6 is 11.3 Å². The fourth-order valence-corrected chi connectivity index (χ4v) is 4.64. The summed E-state index contributed by atoms with van der Waals surface area (Å²) in [5.41, 5.74) is 7.19. The van der Waals surface area contributed by atoms with Crippen molar-refractivity contribution >= 4 is 23.2 Å². The number of halogens is 1. The summed E-state index contributed by atoms with van der Waals surface area (Å²) in [6, 6.07) is 5.36. The minimum atomic E-state index is -0.818. The Kier molecular flexibility index (Phi) is 4.98. The Morgan fingerprint density at radius 1 is 1.20 bits per heavy atom. The van der Waals surface area contributed by atoms with Gasteiger partial charge in [-0.25, -0.2) is 9.37 Å². The number of nitrogens with zero attached hydrogens (tertiary/aromatic N) is 3. The van der Waals surface area contributed by atoms with Gasteiger partial charge < -0.3 is 10.6 Å². The van der Waals surface area contributed by atoms with Gasteiger partial charge in [-0.2, -0.15) is 0 Å². The molecule has 0 saturated carbocycles. The largest absolute Gasteiger partial charge is 0.365 e. The van der Waals surface area contributed by atoms with Crippen LogP contribution in [-0.4, -0.2) is 32.8 Å². The van der Waals surface area contributed by atoms with Crippen molar-refractivity contribution in [2.24, 2.45) is 5.73 Å². The first kappa shape index (κ1) is 20.0. The van der Waals surface area contributed by atoms with Crippen LogP contribution < -0.4 is 11.3 Å². The number of benzene rings is 1. The van der Waals surface area contributed by atoms with E-state index >= 15 is 0 Å². The van der Waals surface area contributed by atoms with Gasteiger partial charge >= 0.3 is 0 Å². The second kappa shape index (κ2) is 7.49. The molecule has 0 fully saturated rings. The molecule has 2 aromatic heterocycles. The number of hydrogen-bond donors (Lipinski definition) is 1. The highest BCUT2D eigenvalue weighted by molar-refractivity contribution is 7.13. The zero-order chi connectivity index (χ0) is 21.6. The molecule has 3 heterocycles. The van der Waals surface area contributed by atoms with Crippen molar-refractivity contribution in [1.29, 1.82) is 0 Å². The third-order valence-electron chi connectivity index (χ3n) is 5.14. The summed E-state index contributed by atoms with van der Waals surface area (Å²) in [5, 5.41) is 0.814. The maximum Gasteiger partial charge on any atom is 0.268 e. The van der Waals surface area contributed by atoms with E-state index in [9.17, 15) is 18.8 Å². The van der Waals surface area contributed by atoms with Gasteiger partial charge in [0.1, 0.15) is 16.3 Å². The van der Waals surface area contributed by atoms with Gasteiger partial charge in [0, 0.05) is 25.0 Å². The molecule has 30 heavy (non-hydrogen) atoms. The molecule has 2 amide bonds. The molecule has 1 aliphatic rings. The molecule has 0 atom stereocenters. The summed E-state index contributed by atoms with van der Waals surface area (Å²) in [7, 11) is 0. The summed E-state index contributed by atoms with van der Waals surface area (Å²) in [6.45, 7) is 4.24. The number of aryl methyl sites for hydroxylation is 2. The zero-order valence-corrected chi connectivity index (χ0v) is 17.3. The predicted octanol–water partition coefficient (Wildman–Crippen LogP) is 2.35. The van der Waals surface area contributed by atoms with Crippen molar-refractivity contribution < 1.29 is 14.0 Å². The lowest BCUT2D eigenvalue weighted by Gasteiger charge is -2.30. The van der Waals surface area contributed by atoms with Crippen molar-refractivity contribution in [1.82, 2.24) is 14.5 Å². The Bertz CT molecular complexity index is 1230. The SMILES string of the molecule is Cc1nc(C)c(C(=O)N2CCc3c(cn(-c4ccc(F)cc4)c(=O)c3C(N)=O)C2)s1. The van der Waals surface area contributed by atoms with E-state index < -0.39 is 17.3 Å². The summed E-state index contributed by atoms with van der Waals surface area (Å²) in [6.07, 6.45) is 1.94. The number of pyridine rings is 1. The average Bonchev–Trinajstić information content (AvgIpc) is 3.05. The van der Waals surface area contributed by atoms with E-state index in [0.717, 1.165) is 5.01 Å². The van der Waals surface area contributed by atoms with Crippen LogP contribution in [-0.2, 0) is 13.0 Å². The van der Waals surface area contributed by atoms with E-state index in [1.807, 2.05) is 6.92 Å². The van der Waals surface area contributed by atoms with E-state index in [1.165, 1.54) is 40.2 Å². The van der Waals surface area contributed by atoms with E-state index in [-0.39, 0.29) is 18.0 Å². The van der Waals surface area contributed by atoms with E-state index in [0.29, 0.717) is 40.4 Å². The van der Waals surface area contributed by atoms with Crippen LogP contribution in [0.2, 0.25) is 0 Å². The molecule has 9 heteroatoms. The van der Waals surface area contributed by atoms with Crippen LogP contribution in [0.25, 0.3) is 5.69 Å². The van der Waals surface area contributed by atoms with Crippen molar-refractivity contribution in [2.45, 2.75) is 26.8 Å². The molecule has 1 aliphatic heterocycles. The second-order valence-electron chi connectivity index (χ2n) is 7.15. The number of fused-ring (bicyclic) bond motifs is 1. The number of hydrogen-bond acceptors (Lipinski definition) is 5. The Labute approximate surface area is 175 Å². The molecule has 0 bridgehead atoms. The lowest BCUT2D eigenvalue weighted by atomic mass is 9.96. The normalized spacial score (nSPS) is 13.2. The highest BCUT2D eigenvalue weighted by Crippen LogP contribution is 2.26. The summed E-state index contributed by atoms with van der Waals surface area (Å²) < 4.78 is 14.6. The lowest BCUT2D eigenvalue weighted by molar-refractivity contribution is 0.0738. The molecular weight excluding hydrogens is 407 g/mol. The van der Waals surface area contributed by atoms with Crippen LogP contribution in [0.1, 0.15) is 41.9 Å². The third kappa shape index (κ3) is 3.41. The second-order valence-corrected chi connectivity index (χ2v) is 8.35. The lowest BCUT2D eigenvalue weighted by Crippen LogP contribution is -2.40. The number of carbonyl (C=O) groups excluding carboxylic acids is 2. The van der Waals surface area contributed by atoms with Crippen LogP contribution in [0.4, 0.5) is 4.39 Å². The highest BCUT2D eigenvalue weighted by atomic mass is 32.1. The minimum Gasteiger partial charge on any atom is -0.365 e. The van der Waals surface area contributed by atoms with Gasteiger partial charge in [0.05, 0.1) is 10.7 Å². The summed E-state index contributed by atoms with van der Waals surface area (Å²) >= 11 is 1.34. The molecule has 0 spiro atoms. The predicted molar refractivity (Wildman–Crippen MR) is 111 cm³/mol. The first-order valence-electron chi connectivity index (χ1n) is 9.32. The Morgan fingerprint density at radius 3 is 2.50 bits per heavy atom. The van der Waals surface area contributed by atoms with Gasteiger partial charge in [-0.1, -0.05) is 0 Å². The smallest absolute Gasteiger partial charge is 0.268 e. The minimum absolute atomic E-state index is 0.0891.